The molecule has 0 aliphatic heterocycles. The van der Waals surface area contributed by atoms with Crippen LogP contribution in [0.15, 0.2) is 0 Å². The van der Waals surface area contributed by atoms with E-state index in [1.807, 2.05) is 27.7 Å². The van der Waals surface area contributed by atoms with Gasteiger partial charge < -0.3 is 0 Å². The van der Waals surface area contributed by atoms with Crippen molar-refractivity contribution in [3.63, 3.8) is 0 Å². The summed E-state index contributed by atoms with van der Waals surface area (Å²) in [5.41, 5.74) is 7.66. The van der Waals surface area contributed by atoms with Gasteiger partial charge >= 0.3 is 0 Å². The molecular weight excluding hydrogens is 432 g/mol. The lowest BCUT2D eigenvalue weighted by molar-refractivity contribution is -0.975. The van der Waals surface area contributed by atoms with Gasteiger partial charge in [-0.3, -0.25) is 0 Å². The lowest BCUT2D eigenvalue weighted by atomic mass is 8.60. The molecule has 9 fully saturated rings. The lowest BCUT2D eigenvalue weighted by Crippen LogP contribution is -3.40. The van der Waals surface area contributed by atoms with E-state index in [-0.39, 0.29) is 0 Å². The summed E-state index contributed by atoms with van der Waals surface area (Å²) >= 11 is 0. The van der Waals surface area contributed by atoms with Gasteiger partial charge in [-0.15, -0.1) is 0 Å². The maximum atomic E-state index is 2.82. The minimum atomic E-state index is 0.399. The van der Waals surface area contributed by atoms with Crippen molar-refractivity contribution in [2.24, 2.45) is 86.6 Å². The van der Waals surface area contributed by atoms with Gasteiger partial charge in [0.15, 0.2) is 0 Å². The first-order valence-electron chi connectivity index (χ1n) is 16.0. The Morgan fingerprint density at radius 3 is 0.361 bits per heavy atom. The minimum absolute atomic E-state index is 0.399. The molecule has 0 bridgehead atoms. The minimum Gasteiger partial charge on any atom is -0.0683 e. The van der Waals surface area contributed by atoms with E-state index in [0.717, 1.165) is 0 Å². The summed E-state index contributed by atoms with van der Waals surface area (Å²) < 4.78 is 0. The normalized spacial score (nSPS) is 76.3. The van der Waals surface area contributed by atoms with Crippen molar-refractivity contribution < 1.29 is 0 Å². The van der Waals surface area contributed by atoms with Gasteiger partial charge in [-0.05, 0) is 86.6 Å². The van der Waals surface area contributed by atoms with Gasteiger partial charge in [0, 0.05) is 0 Å². The average Bonchev–Trinajstić information content (AvgIpc) is 2.81. The Morgan fingerprint density at radius 2 is 0.278 bits per heavy atom. The summed E-state index contributed by atoms with van der Waals surface area (Å²) in [6.45, 7) is 52.3. The smallest absolute Gasteiger partial charge is 0.00206 e. The van der Waals surface area contributed by atoms with Crippen LogP contribution in [0.25, 0.3) is 0 Å². The van der Waals surface area contributed by atoms with E-state index in [1.54, 1.807) is 0 Å². The Kier molecular flexibility index (Phi) is 3.05. The highest BCUT2D eigenvalue weighted by molar-refractivity contribution is 5.87. The van der Waals surface area contributed by atoms with E-state index in [9.17, 15) is 0 Å². The molecule has 9 aliphatic carbocycles. The monoisotopic (exact) mass is 492 g/mol. The van der Waals surface area contributed by atoms with E-state index in [0.29, 0.717) is 86.6 Å². The van der Waals surface area contributed by atoms with Crippen molar-refractivity contribution in [3.8, 4) is 0 Å². The van der Waals surface area contributed by atoms with Crippen molar-refractivity contribution in [1.82, 2.24) is 0 Å². The van der Waals surface area contributed by atoms with Crippen LogP contribution in [0.1, 0.15) is 138 Å². The molecule has 0 saturated heterocycles. The zero-order valence-corrected chi connectivity index (χ0v) is 28.0. The fraction of sp³-hybridized carbons (Fsp3) is 1.00. The second-order valence-corrected chi connectivity index (χ2v) is 18.5. The summed E-state index contributed by atoms with van der Waals surface area (Å²) in [5, 5.41) is 0. The van der Waals surface area contributed by atoms with Crippen molar-refractivity contribution in [2.45, 2.75) is 138 Å². The fourth-order valence-electron chi connectivity index (χ4n) is 22.3. The van der Waals surface area contributed by atoms with Crippen molar-refractivity contribution in [3.05, 3.63) is 0 Å². The summed E-state index contributed by atoms with van der Waals surface area (Å²) in [7, 11) is 0. The molecule has 0 heterocycles. The van der Waals surface area contributed by atoms with Gasteiger partial charge in [0.05, 0.1) is 0 Å². The third-order valence-corrected chi connectivity index (χ3v) is 22.2. The molecule has 0 nitrogen and oxygen atoms in total. The Morgan fingerprint density at radius 1 is 0.194 bits per heavy atom. The summed E-state index contributed by atoms with van der Waals surface area (Å²) in [4.78, 5) is 0. The van der Waals surface area contributed by atoms with E-state index in [2.05, 4.69) is 111 Å². The van der Waals surface area contributed by atoms with Crippen molar-refractivity contribution in [1.29, 1.82) is 0 Å². The lowest BCUT2D eigenvalue weighted by Gasteiger charge is -3.42. The SMILES string of the molecule is CC.CC.CC1(C)C2(C)C3(C)C(C)(C)C4(C)C5(C)C(C)(C)C6(C)C7(C)C(C)(C)C8(C)C1(C)C21C34C56C871. The predicted molar refractivity (Wildman–Crippen MR) is 152 cm³/mol. The van der Waals surface area contributed by atoms with E-state index < -0.39 is 0 Å². The van der Waals surface area contributed by atoms with Crippen LogP contribution in [-0.4, -0.2) is 0 Å². The highest BCUT2D eigenvalue weighted by atomic mass is 15.4. The number of fused-ring (bicyclic) bond motifs is 4. The highest BCUT2D eigenvalue weighted by Gasteiger charge is 3.42. The third kappa shape index (κ3) is 0.794. The molecule has 0 aromatic rings. The second kappa shape index (κ2) is 4.39. The zero-order chi connectivity index (χ0) is 28.0. The maximum absolute atomic E-state index is 2.82. The molecule has 4 spiro atoms. The quantitative estimate of drug-likeness (QED) is 0.315. The molecule has 36 heavy (non-hydrogen) atoms. The van der Waals surface area contributed by atoms with Gasteiger partial charge in [0.25, 0.3) is 0 Å². The molecule has 0 aromatic heterocycles. The molecule has 9 saturated carbocycles. The summed E-state index contributed by atoms with van der Waals surface area (Å²) in [6, 6.07) is 0. The molecule has 8 atom stereocenters. The van der Waals surface area contributed by atoms with Crippen LogP contribution in [0.2, 0.25) is 0 Å². The first-order chi connectivity index (χ1) is 16.0. The Labute approximate surface area is 224 Å². The molecule has 0 amide bonds. The van der Waals surface area contributed by atoms with Gasteiger partial charge in [-0.1, -0.05) is 138 Å². The van der Waals surface area contributed by atoms with Crippen molar-refractivity contribution in [2.75, 3.05) is 0 Å². The molecule has 0 N–H and O–H groups in total. The summed E-state index contributed by atoms with van der Waals surface area (Å²) in [6.07, 6.45) is 0. The van der Waals surface area contributed by atoms with E-state index in [1.165, 1.54) is 0 Å². The van der Waals surface area contributed by atoms with E-state index >= 15 is 0 Å². The molecule has 204 valence electrons. The molecule has 0 radical (unpaired) electrons. The number of hydrogen-bond acceptors (Lipinski definition) is 0. The van der Waals surface area contributed by atoms with Crippen LogP contribution in [0.3, 0.4) is 0 Å². The molecular formula is C36H60. The molecule has 9 rings (SSSR count). The van der Waals surface area contributed by atoms with Crippen LogP contribution in [0, 0.1) is 86.6 Å². The van der Waals surface area contributed by atoms with Crippen molar-refractivity contribution >= 4 is 0 Å². The standard InChI is InChI=1S/C32H48.2C2H6/c1-17(2)21(9)23(11)18(3,4)25(13)27(15)20(7,8)28(16)26(14)19(5,6)24(12)22(17,10)29(21)30(23,25)32(27,28)31(24,26)29;2*1-2/h1-16H3;2*1-2H3. The second-order valence-electron chi connectivity index (χ2n) is 18.5. The number of hydrogen-bond donors (Lipinski definition) is 0. The largest absolute Gasteiger partial charge is 0.0683 e. The predicted octanol–water partition coefficient (Wildman–Crippen LogP) is 10.3. The van der Waals surface area contributed by atoms with Crippen LogP contribution >= 0.6 is 0 Å². The van der Waals surface area contributed by atoms with Gasteiger partial charge in [0.1, 0.15) is 0 Å². The van der Waals surface area contributed by atoms with Gasteiger partial charge in [-0.2, -0.15) is 0 Å². The Balaban J connectivity index is 0.000000528. The fourth-order valence-corrected chi connectivity index (χ4v) is 22.3. The van der Waals surface area contributed by atoms with Crippen LogP contribution in [-0.2, 0) is 0 Å². The highest BCUT2D eigenvalue weighted by Crippen LogP contribution is 3.44. The molecule has 8 unspecified atom stereocenters. The molecule has 0 heteroatoms. The average molecular weight is 493 g/mol. The number of rotatable bonds is 0. The maximum Gasteiger partial charge on any atom is -0.00206 e. The Bertz CT molecular complexity index is 960. The van der Waals surface area contributed by atoms with Gasteiger partial charge in [-0.25, -0.2) is 0 Å². The van der Waals surface area contributed by atoms with Gasteiger partial charge in [0.2, 0.25) is 0 Å². The van der Waals surface area contributed by atoms with Crippen LogP contribution in [0.5, 0.6) is 0 Å². The molecule has 0 aromatic carbocycles. The topological polar surface area (TPSA) is 0 Å². The first-order valence-corrected chi connectivity index (χ1v) is 16.0. The van der Waals surface area contributed by atoms with Crippen LogP contribution in [0.4, 0.5) is 0 Å². The Hall–Kier alpha value is 0. The third-order valence-electron chi connectivity index (χ3n) is 22.2. The molecule has 9 aliphatic rings. The van der Waals surface area contributed by atoms with Crippen LogP contribution < -0.4 is 0 Å². The summed E-state index contributed by atoms with van der Waals surface area (Å²) in [5.74, 6) is 0. The van der Waals surface area contributed by atoms with E-state index in [4.69, 9.17) is 0 Å². The first kappa shape index (κ1) is 25.0. The zero-order valence-electron chi connectivity index (χ0n) is 28.0.